The molecule has 0 aromatic heterocycles. The van der Waals surface area contributed by atoms with Crippen molar-refractivity contribution in [3.8, 4) is 11.5 Å². The van der Waals surface area contributed by atoms with Crippen molar-refractivity contribution in [3.63, 3.8) is 0 Å². The van der Waals surface area contributed by atoms with Crippen LogP contribution in [0, 0.1) is 6.92 Å². The van der Waals surface area contributed by atoms with Gasteiger partial charge in [0.2, 0.25) is 0 Å². The molecule has 2 aromatic carbocycles. The van der Waals surface area contributed by atoms with Crippen LogP contribution in [0.2, 0.25) is 0 Å². The molecule has 4 heteroatoms. The molecule has 0 bridgehead atoms. The standard InChI is InChI=1S/C18H21NO3/c1-3-12-21-16-10-6-7-11-17(16)22-13-18(20)19-15-9-5-4-8-14(15)2/h4-11H,3,12-13H2,1-2H3,(H,19,20). The quantitative estimate of drug-likeness (QED) is 0.846. The maximum Gasteiger partial charge on any atom is 0.262 e. The Kier molecular flexibility index (Phi) is 5.83. The van der Waals surface area contributed by atoms with Gasteiger partial charge in [-0.15, -0.1) is 0 Å². The molecule has 0 heterocycles. The van der Waals surface area contributed by atoms with Crippen LogP contribution in [0.5, 0.6) is 11.5 Å². The Hall–Kier alpha value is -2.49. The monoisotopic (exact) mass is 299 g/mol. The van der Waals surface area contributed by atoms with Crippen LogP contribution < -0.4 is 14.8 Å². The molecule has 0 saturated carbocycles. The summed E-state index contributed by atoms with van der Waals surface area (Å²) in [4.78, 5) is 12.0. The van der Waals surface area contributed by atoms with E-state index >= 15 is 0 Å². The van der Waals surface area contributed by atoms with E-state index in [4.69, 9.17) is 9.47 Å². The fraction of sp³-hybridized carbons (Fsp3) is 0.278. The average molecular weight is 299 g/mol. The van der Waals surface area contributed by atoms with Crippen LogP contribution in [0.25, 0.3) is 0 Å². The van der Waals surface area contributed by atoms with Gasteiger partial charge in [0.1, 0.15) is 0 Å². The lowest BCUT2D eigenvalue weighted by Crippen LogP contribution is -2.20. The second kappa shape index (κ2) is 8.08. The molecule has 0 radical (unpaired) electrons. The summed E-state index contributed by atoms with van der Waals surface area (Å²) < 4.78 is 11.2. The fourth-order valence-corrected chi connectivity index (χ4v) is 1.94. The van der Waals surface area contributed by atoms with Crippen LogP contribution in [0.3, 0.4) is 0 Å². The van der Waals surface area contributed by atoms with Crippen molar-refractivity contribution in [1.29, 1.82) is 0 Å². The third kappa shape index (κ3) is 4.52. The van der Waals surface area contributed by atoms with Gasteiger partial charge in [-0.25, -0.2) is 0 Å². The Morgan fingerprint density at radius 1 is 1.00 bits per heavy atom. The van der Waals surface area contributed by atoms with Crippen molar-refractivity contribution in [3.05, 3.63) is 54.1 Å². The average Bonchev–Trinajstić information content (AvgIpc) is 2.54. The molecule has 2 rings (SSSR count). The highest BCUT2D eigenvalue weighted by Crippen LogP contribution is 2.26. The molecule has 0 aliphatic heterocycles. The number of rotatable bonds is 7. The number of aryl methyl sites for hydroxylation is 1. The number of anilines is 1. The van der Waals surface area contributed by atoms with Crippen LogP contribution in [0.15, 0.2) is 48.5 Å². The van der Waals surface area contributed by atoms with Gasteiger partial charge in [-0.1, -0.05) is 37.3 Å². The van der Waals surface area contributed by atoms with E-state index in [-0.39, 0.29) is 12.5 Å². The van der Waals surface area contributed by atoms with E-state index in [1.165, 1.54) is 0 Å². The largest absolute Gasteiger partial charge is 0.490 e. The first-order chi connectivity index (χ1) is 10.7. The molecule has 1 amide bonds. The van der Waals surface area contributed by atoms with Crippen molar-refractivity contribution in [1.82, 2.24) is 0 Å². The molecule has 0 atom stereocenters. The van der Waals surface area contributed by atoms with Crippen molar-refractivity contribution in [2.24, 2.45) is 0 Å². The van der Waals surface area contributed by atoms with Gasteiger partial charge in [-0.2, -0.15) is 0 Å². The number of hydrogen-bond donors (Lipinski definition) is 1. The highest BCUT2D eigenvalue weighted by atomic mass is 16.5. The summed E-state index contributed by atoms with van der Waals surface area (Å²) in [5.74, 6) is 1.04. The molecule has 1 N–H and O–H groups in total. The van der Waals surface area contributed by atoms with E-state index in [1.807, 2.05) is 56.3 Å². The minimum Gasteiger partial charge on any atom is -0.490 e. The number of nitrogens with one attached hydrogen (secondary N) is 1. The predicted molar refractivity (Wildman–Crippen MR) is 87.5 cm³/mol. The maximum atomic E-state index is 12.0. The van der Waals surface area contributed by atoms with E-state index in [9.17, 15) is 4.79 Å². The number of benzene rings is 2. The summed E-state index contributed by atoms with van der Waals surface area (Å²) in [6.45, 7) is 4.56. The fourth-order valence-electron chi connectivity index (χ4n) is 1.94. The Bertz CT molecular complexity index is 625. The molecule has 22 heavy (non-hydrogen) atoms. The lowest BCUT2D eigenvalue weighted by molar-refractivity contribution is -0.118. The number of hydrogen-bond acceptors (Lipinski definition) is 3. The lowest BCUT2D eigenvalue weighted by Gasteiger charge is -2.12. The van der Waals surface area contributed by atoms with Crippen molar-refractivity contribution in [2.75, 3.05) is 18.5 Å². The van der Waals surface area contributed by atoms with E-state index in [0.717, 1.165) is 17.7 Å². The Labute approximate surface area is 131 Å². The minimum atomic E-state index is -0.195. The number of carbonyl (C=O) groups excluding carboxylic acids is 1. The Morgan fingerprint density at radius 3 is 2.32 bits per heavy atom. The van der Waals surface area contributed by atoms with Gasteiger partial charge >= 0.3 is 0 Å². The molecule has 116 valence electrons. The molecule has 0 unspecified atom stereocenters. The van der Waals surface area contributed by atoms with Gasteiger partial charge < -0.3 is 14.8 Å². The van der Waals surface area contributed by atoms with E-state index < -0.39 is 0 Å². The van der Waals surface area contributed by atoms with Crippen LogP contribution in [-0.4, -0.2) is 19.1 Å². The summed E-state index contributed by atoms with van der Waals surface area (Å²) in [7, 11) is 0. The SMILES string of the molecule is CCCOc1ccccc1OCC(=O)Nc1ccccc1C. The molecule has 0 aliphatic carbocycles. The zero-order valence-electron chi connectivity index (χ0n) is 13.0. The third-order valence-electron chi connectivity index (χ3n) is 3.09. The van der Waals surface area contributed by atoms with Gasteiger partial charge in [-0.3, -0.25) is 4.79 Å². The van der Waals surface area contributed by atoms with Crippen molar-refractivity contribution in [2.45, 2.75) is 20.3 Å². The predicted octanol–water partition coefficient (Wildman–Crippen LogP) is 3.80. The third-order valence-corrected chi connectivity index (χ3v) is 3.09. The second-order valence-corrected chi connectivity index (χ2v) is 4.95. The molecule has 0 aliphatic rings. The summed E-state index contributed by atoms with van der Waals surface area (Å²) in [5, 5.41) is 2.84. The second-order valence-electron chi connectivity index (χ2n) is 4.95. The minimum absolute atomic E-state index is 0.0547. The van der Waals surface area contributed by atoms with Crippen LogP contribution in [0.4, 0.5) is 5.69 Å². The number of amides is 1. The highest BCUT2D eigenvalue weighted by molar-refractivity contribution is 5.92. The normalized spacial score (nSPS) is 10.1. The zero-order valence-corrected chi connectivity index (χ0v) is 13.0. The van der Waals surface area contributed by atoms with Crippen molar-refractivity contribution >= 4 is 11.6 Å². The zero-order chi connectivity index (χ0) is 15.8. The lowest BCUT2D eigenvalue weighted by atomic mass is 10.2. The first-order valence-corrected chi connectivity index (χ1v) is 7.41. The molecule has 4 nitrogen and oxygen atoms in total. The van der Waals surface area contributed by atoms with Gasteiger partial charge in [0, 0.05) is 5.69 Å². The maximum absolute atomic E-state index is 12.0. The number of ether oxygens (including phenoxy) is 2. The molecule has 0 saturated heterocycles. The smallest absolute Gasteiger partial charge is 0.262 e. The molecular weight excluding hydrogens is 278 g/mol. The summed E-state index contributed by atoms with van der Waals surface area (Å²) in [6.07, 6.45) is 0.919. The molecule has 0 spiro atoms. The molecule has 2 aromatic rings. The molecular formula is C18H21NO3. The Morgan fingerprint density at radius 2 is 1.64 bits per heavy atom. The first-order valence-electron chi connectivity index (χ1n) is 7.41. The first kappa shape index (κ1) is 15.9. The van der Waals surface area contributed by atoms with Crippen molar-refractivity contribution < 1.29 is 14.3 Å². The van der Waals surface area contributed by atoms with Gasteiger partial charge in [-0.05, 0) is 37.1 Å². The van der Waals surface area contributed by atoms with E-state index in [2.05, 4.69) is 5.32 Å². The molecule has 0 fully saturated rings. The number of para-hydroxylation sites is 3. The Balaban J connectivity index is 1.92. The van der Waals surface area contributed by atoms with Crippen LogP contribution in [0.1, 0.15) is 18.9 Å². The summed E-state index contributed by atoms with van der Waals surface area (Å²) >= 11 is 0. The summed E-state index contributed by atoms with van der Waals surface area (Å²) in [6, 6.07) is 15.0. The summed E-state index contributed by atoms with van der Waals surface area (Å²) in [5.41, 5.74) is 1.81. The van der Waals surface area contributed by atoms with Gasteiger partial charge in [0.25, 0.3) is 5.91 Å². The van der Waals surface area contributed by atoms with E-state index in [0.29, 0.717) is 18.1 Å². The van der Waals surface area contributed by atoms with Gasteiger partial charge in [0.15, 0.2) is 18.1 Å². The van der Waals surface area contributed by atoms with Crippen LogP contribution >= 0.6 is 0 Å². The van der Waals surface area contributed by atoms with E-state index in [1.54, 1.807) is 6.07 Å². The van der Waals surface area contributed by atoms with Gasteiger partial charge in [0.05, 0.1) is 6.61 Å². The topological polar surface area (TPSA) is 47.6 Å². The number of carbonyl (C=O) groups is 1. The highest BCUT2D eigenvalue weighted by Gasteiger charge is 2.08. The van der Waals surface area contributed by atoms with Crippen LogP contribution in [-0.2, 0) is 4.79 Å².